The lowest BCUT2D eigenvalue weighted by atomic mass is 10.1. The third-order valence-corrected chi connectivity index (χ3v) is 3.56. The maximum atomic E-state index is 11.6. The van der Waals surface area contributed by atoms with E-state index in [4.69, 9.17) is 14.6 Å². The Hall–Kier alpha value is -1.80. The Morgan fingerprint density at radius 1 is 1.21 bits per heavy atom. The average molecular weight is 290 g/mol. The molecular weight excluding hydrogens is 276 g/mol. The number of methoxy groups -OCH3 is 2. The van der Waals surface area contributed by atoms with Gasteiger partial charge in [0.2, 0.25) is 0 Å². The molecule has 2 N–H and O–H groups in total. The molecule has 0 aliphatic heterocycles. The predicted molar refractivity (Wildman–Crippen MR) is 65.3 cm³/mol. The smallest absolute Gasteiger partial charge is 0.337 e. The molecule has 8 heteroatoms. The minimum Gasteiger partial charge on any atom is -0.496 e. The van der Waals surface area contributed by atoms with Crippen molar-refractivity contribution in [2.45, 2.75) is 11.0 Å². The van der Waals surface area contributed by atoms with Gasteiger partial charge in [0.05, 0.1) is 14.2 Å². The van der Waals surface area contributed by atoms with E-state index in [2.05, 4.69) is 0 Å². The van der Waals surface area contributed by atoms with Crippen LogP contribution in [0.2, 0.25) is 0 Å². The number of hydrogen-bond acceptors (Lipinski definition) is 6. The van der Waals surface area contributed by atoms with Gasteiger partial charge in [-0.05, 0) is 6.07 Å². The lowest BCUT2D eigenvalue weighted by molar-refractivity contribution is -0.147. The molecule has 1 unspecified atom stereocenters. The van der Waals surface area contributed by atoms with Gasteiger partial charge in [0, 0.05) is 17.9 Å². The zero-order chi connectivity index (χ0) is 14.8. The predicted octanol–water partition coefficient (Wildman–Crippen LogP) is 0.225. The van der Waals surface area contributed by atoms with E-state index in [1.165, 1.54) is 14.2 Å². The molecule has 0 saturated carbocycles. The van der Waals surface area contributed by atoms with E-state index in [9.17, 15) is 18.3 Å². The number of carboxylic acids is 1. The van der Waals surface area contributed by atoms with Gasteiger partial charge >= 0.3 is 5.97 Å². The van der Waals surface area contributed by atoms with E-state index >= 15 is 0 Å². The van der Waals surface area contributed by atoms with Crippen molar-refractivity contribution < 1.29 is 32.9 Å². The van der Waals surface area contributed by atoms with Crippen LogP contribution >= 0.6 is 0 Å². The van der Waals surface area contributed by atoms with Crippen LogP contribution in [-0.4, -0.2) is 45.1 Å². The zero-order valence-electron chi connectivity index (χ0n) is 10.6. The topological polar surface area (TPSA) is 110 Å². The number of sulfone groups is 1. The molecule has 0 aliphatic rings. The number of carboxylic acid groups (broad SMARTS) is 1. The quantitative estimate of drug-likeness (QED) is 0.798. The number of aliphatic hydroxyl groups excluding tert-OH is 1. The Bertz CT molecular complexity index is 591. The van der Waals surface area contributed by atoms with Crippen LogP contribution < -0.4 is 9.47 Å². The Balaban J connectivity index is 3.57. The summed E-state index contributed by atoms with van der Waals surface area (Å²) in [6.45, 7) is 0. The van der Waals surface area contributed by atoms with Gasteiger partial charge < -0.3 is 19.7 Å². The zero-order valence-corrected chi connectivity index (χ0v) is 11.4. The van der Waals surface area contributed by atoms with Gasteiger partial charge in [-0.3, -0.25) is 0 Å². The highest BCUT2D eigenvalue weighted by Gasteiger charge is 2.25. The summed E-state index contributed by atoms with van der Waals surface area (Å²) in [5.41, 5.74) is -0.0840. The summed E-state index contributed by atoms with van der Waals surface area (Å²) in [6, 6.07) is 2.25. The van der Waals surface area contributed by atoms with Gasteiger partial charge in [0.15, 0.2) is 15.9 Å². The van der Waals surface area contributed by atoms with Crippen molar-refractivity contribution in [1.29, 1.82) is 0 Å². The lowest BCUT2D eigenvalue weighted by Crippen LogP contribution is -2.13. The number of ether oxygens (including phenoxy) is 2. The normalized spacial score (nSPS) is 12.8. The summed E-state index contributed by atoms with van der Waals surface area (Å²) in [6.07, 6.45) is -0.852. The Labute approximate surface area is 110 Å². The minimum absolute atomic E-state index is 0.0453. The molecule has 1 aromatic rings. The van der Waals surface area contributed by atoms with Crippen molar-refractivity contribution in [2.24, 2.45) is 0 Å². The molecular formula is C11H14O7S. The highest BCUT2D eigenvalue weighted by molar-refractivity contribution is 7.90. The van der Waals surface area contributed by atoms with Crippen LogP contribution in [0.4, 0.5) is 0 Å². The van der Waals surface area contributed by atoms with E-state index < -0.39 is 21.9 Å². The van der Waals surface area contributed by atoms with Crippen molar-refractivity contribution in [1.82, 2.24) is 0 Å². The van der Waals surface area contributed by atoms with Crippen LogP contribution in [0, 0.1) is 0 Å². The molecule has 0 fully saturated rings. The molecule has 1 aromatic carbocycles. The first kappa shape index (κ1) is 15.3. The second-order valence-electron chi connectivity index (χ2n) is 3.76. The fourth-order valence-corrected chi connectivity index (χ4v) is 2.36. The minimum atomic E-state index is -3.57. The average Bonchev–Trinajstić information content (AvgIpc) is 2.34. The maximum Gasteiger partial charge on any atom is 0.337 e. The monoisotopic (exact) mass is 290 g/mol. The third-order valence-electron chi connectivity index (χ3n) is 2.44. The molecule has 0 heterocycles. The van der Waals surface area contributed by atoms with Gasteiger partial charge in [0.25, 0.3) is 0 Å². The second kappa shape index (κ2) is 5.45. The molecule has 106 valence electrons. The molecule has 0 saturated heterocycles. The first-order chi connectivity index (χ1) is 8.72. The highest BCUT2D eigenvalue weighted by Crippen LogP contribution is 2.35. The molecule has 0 radical (unpaired) electrons. The fraction of sp³-hybridized carbons (Fsp3) is 0.364. The highest BCUT2D eigenvalue weighted by atomic mass is 32.2. The Morgan fingerprint density at radius 3 is 2.11 bits per heavy atom. The van der Waals surface area contributed by atoms with Crippen LogP contribution in [-0.2, 0) is 14.6 Å². The van der Waals surface area contributed by atoms with E-state index in [1.807, 2.05) is 0 Å². The summed E-state index contributed by atoms with van der Waals surface area (Å²) in [5.74, 6) is -1.58. The van der Waals surface area contributed by atoms with Gasteiger partial charge in [-0.2, -0.15) is 0 Å². The van der Waals surface area contributed by atoms with E-state index in [0.717, 1.165) is 18.4 Å². The first-order valence-electron chi connectivity index (χ1n) is 5.09. The molecule has 19 heavy (non-hydrogen) atoms. The van der Waals surface area contributed by atoms with Gasteiger partial charge in [0.1, 0.15) is 16.4 Å². The van der Waals surface area contributed by atoms with Gasteiger partial charge in [-0.25, -0.2) is 13.2 Å². The SMILES string of the molecule is COc1cc(S(C)(=O)=O)c(OC)cc1C(O)C(=O)O. The number of carbonyl (C=O) groups is 1. The van der Waals surface area contributed by atoms with Crippen LogP contribution in [0.1, 0.15) is 11.7 Å². The molecule has 0 aliphatic carbocycles. The van der Waals surface area contributed by atoms with E-state index in [-0.39, 0.29) is 22.0 Å². The van der Waals surface area contributed by atoms with Crippen molar-refractivity contribution in [3.05, 3.63) is 17.7 Å². The molecule has 0 aromatic heterocycles. The van der Waals surface area contributed by atoms with Crippen molar-refractivity contribution in [2.75, 3.05) is 20.5 Å². The van der Waals surface area contributed by atoms with Crippen LogP contribution in [0.5, 0.6) is 11.5 Å². The fourth-order valence-electron chi connectivity index (χ4n) is 1.53. The summed E-state index contributed by atoms with van der Waals surface area (Å²) in [7, 11) is -1.09. The largest absolute Gasteiger partial charge is 0.496 e. The van der Waals surface area contributed by atoms with Crippen LogP contribution in [0.25, 0.3) is 0 Å². The molecule has 0 amide bonds. The summed E-state index contributed by atoms with van der Waals surface area (Å²) < 4.78 is 33.0. The number of aliphatic carboxylic acids is 1. The molecule has 1 rings (SSSR count). The first-order valence-corrected chi connectivity index (χ1v) is 6.98. The van der Waals surface area contributed by atoms with Crippen LogP contribution in [0.15, 0.2) is 17.0 Å². The van der Waals surface area contributed by atoms with Crippen molar-refractivity contribution in [3.63, 3.8) is 0 Å². The number of rotatable bonds is 5. The number of aliphatic hydroxyl groups is 1. The molecule has 1 atom stereocenters. The van der Waals surface area contributed by atoms with Crippen molar-refractivity contribution in [3.8, 4) is 11.5 Å². The van der Waals surface area contributed by atoms with Crippen LogP contribution in [0.3, 0.4) is 0 Å². The number of hydrogen-bond donors (Lipinski definition) is 2. The Morgan fingerprint density at radius 2 is 1.74 bits per heavy atom. The van der Waals surface area contributed by atoms with Gasteiger partial charge in [-0.15, -0.1) is 0 Å². The second-order valence-corrected chi connectivity index (χ2v) is 5.74. The van der Waals surface area contributed by atoms with E-state index in [0.29, 0.717) is 0 Å². The van der Waals surface area contributed by atoms with E-state index in [1.54, 1.807) is 0 Å². The van der Waals surface area contributed by atoms with Crippen molar-refractivity contribution >= 4 is 15.8 Å². The molecule has 0 bridgehead atoms. The lowest BCUT2D eigenvalue weighted by Gasteiger charge is -2.15. The summed E-state index contributed by atoms with van der Waals surface area (Å²) in [4.78, 5) is 10.6. The Kier molecular flexibility index (Phi) is 4.38. The standard InChI is InChI=1S/C11H14O7S/c1-17-7-5-9(19(3,15)16)8(18-2)4-6(7)10(12)11(13)14/h4-5,10,12H,1-3H3,(H,13,14). The third kappa shape index (κ3) is 3.15. The molecule has 7 nitrogen and oxygen atoms in total. The summed E-state index contributed by atoms with van der Waals surface area (Å²) >= 11 is 0. The summed E-state index contributed by atoms with van der Waals surface area (Å²) in [5, 5.41) is 18.3. The number of benzene rings is 1. The maximum absolute atomic E-state index is 11.6. The van der Waals surface area contributed by atoms with Gasteiger partial charge in [-0.1, -0.05) is 0 Å². The molecule has 0 spiro atoms.